The lowest BCUT2D eigenvalue weighted by atomic mass is 9.83. The Hall–Kier alpha value is -1.55. The average molecular weight is 252 g/mol. The minimum Gasteiger partial charge on any atom is -0.496 e. The van der Waals surface area contributed by atoms with Gasteiger partial charge in [-0.3, -0.25) is 4.79 Å². The molecule has 1 rings (SSSR count). The summed E-state index contributed by atoms with van der Waals surface area (Å²) in [6.07, 6.45) is 0. The van der Waals surface area contributed by atoms with Crippen molar-refractivity contribution in [3.8, 4) is 5.75 Å². The van der Waals surface area contributed by atoms with E-state index in [0.717, 1.165) is 5.56 Å². The van der Waals surface area contributed by atoms with Gasteiger partial charge in [0.05, 0.1) is 20.1 Å². The molecular formula is C14H20O4. The number of benzene rings is 1. The molecule has 18 heavy (non-hydrogen) atoms. The third-order valence-electron chi connectivity index (χ3n) is 3.30. The van der Waals surface area contributed by atoms with E-state index < -0.39 is 17.5 Å². The van der Waals surface area contributed by atoms with Crippen LogP contribution in [-0.2, 0) is 15.1 Å². The van der Waals surface area contributed by atoms with E-state index in [1.54, 1.807) is 19.9 Å². The molecule has 0 saturated carbocycles. The molecule has 0 heterocycles. The van der Waals surface area contributed by atoms with E-state index in [4.69, 9.17) is 4.74 Å². The topological polar surface area (TPSA) is 55.8 Å². The van der Waals surface area contributed by atoms with E-state index in [2.05, 4.69) is 4.74 Å². The lowest BCUT2D eigenvalue weighted by molar-refractivity contribution is -0.154. The summed E-state index contributed by atoms with van der Waals surface area (Å²) < 4.78 is 9.92. The van der Waals surface area contributed by atoms with Crippen molar-refractivity contribution in [3.05, 3.63) is 29.3 Å². The summed E-state index contributed by atoms with van der Waals surface area (Å²) >= 11 is 0. The van der Waals surface area contributed by atoms with Gasteiger partial charge in [-0.15, -0.1) is 0 Å². The van der Waals surface area contributed by atoms with E-state index in [9.17, 15) is 9.90 Å². The average Bonchev–Trinajstić information content (AvgIpc) is 2.36. The van der Waals surface area contributed by atoms with Gasteiger partial charge in [0.15, 0.2) is 0 Å². The van der Waals surface area contributed by atoms with Crippen LogP contribution in [0, 0.1) is 12.8 Å². The third-order valence-corrected chi connectivity index (χ3v) is 3.30. The van der Waals surface area contributed by atoms with Crippen molar-refractivity contribution >= 4 is 5.97 Å². The van der Waals surface area contributed by atoms with Crippen molar-refractivity contribution in [2.75, 3.05) is 14.2 Å². The zero-order valence-electron chi connectivity index (χ0n) is 11.5. The molecule has 0 aliphatic carbocycles. The maximum Gasteiger partial charge on any atom is 0.311 e. The van der Waals surface area contributed by atoms with Gasteiger partial charge in [0.25, 0.3) is 0 Å². The van der Waals surface area contributed by atoms with Gasteiger partial charge in [-0.1, -0.05) is 11.6 Å². The number of esters is 1. The lowest BCUT2D eigenvalue weighted by Gasteiger charge is -2.30. The molecule has 2 unspecified atom stereocenters. The van der Waals surface area contributed by atoms with Gasteiger partial charge in [-0.05, 0) is 32.9 Å². The van der Waals surface area contributed by atoms with Crippen molar-refractivity contribution < 1.29 is 19.4 Å². The van der Waals surface area contributed by atoms with Gasteiger partial charge in [0.2, 0.25) is 0 Å². The monoisotopic (exact) mass is 252 g/mol. The molecule has 1 aromatic rings. The summed E-state index contributed by atoms with van der Waals surface area (Å²) in [6.45, 7) is 5.14. The third kappa shape index (κ3) is 2.64. The fourth-order valence-electron chi connectivity index (χ4n) is 1.86. The zero-order valence-corrected chi connectivity index (χ0v) is 11.5. The molecule has 0 aliphatic rings. The Morgan fingerprint density at radius 3 is 2.50 bits per heavy atom. The molecular weight excluding hydrogens is 232 g/mol. The normalized spacial score (nSPS) is 15.7. The van der Waals surface area contributed by atoms with E-state index in [1.807, 2.05) is 19.1 Å². The Kier molecular flexibility index (Phi) is 4.35. The van der Waals surface area contributed by atoms with Crippen LogP contribution in [0.25, 0.3) is 0 Å². The zero-order chi connectivity index (χ0) is 13.9. The second-order valence-corrected chi connectivity index (χ2v) is 4.60. The van der Waals surface area contributed by atoms with Gasteiger partial charge in [-0.25, -0.2) is 0 Å². The molecule has 0 aliphatic heterocycles. The fourth-order valence-corrected chi connectivity index (χ4v) is 1.86. The first-order chi connectivity index (χ1) is 8.34. The summed E-state index contributed by atoms with van der Waals surface area (Å²) in [4.78, 5) is 11.6. The molecule has 2 atom stereocenters. The number of aliphatic hydroxyl groups is 1. The predicted molar refractivity (Wildman–Crippen MR) is 68.5 cm³/mol. The Morgan fingerprint density at radius 2 is 2.00 bits per heavy atom. The van der Waals surface area contributed by atoms with Gasteiger partial charge in [0.1, 0.15) is 11.4 Å². The minimum atomic E-state index is -1.34. The maximum absolute atomic E-state index is 11.6. The number of rotatable bonds is 4. The standard InChI is InChI=1S/C14H20O4/c1-9-6-7-12(17-4)11(8-9)14(3,16)10(2)13(15)18-5/h6-8,10,16H,1-5H3. The van der Waals surface area contributed by atoms with Crippen LogP contribution < -0.4 is 4.74 Å². The summed E-state index contributed by atoms with van der Waals surface area (Å²) in [5, 5.41) is 10.6. The van der Waals surface area contributed by atoms with Crippen LogP contribution in [0.15, 0.2) is 18.2 Å². The number of aryl methyl sites for hydroxylation is 1. The summed E-state index contributed by atoms with van der Waals surface area (Å²) in [5.74, 6) is -0.580. The summed E-state index contributed by atoms with van der Waals surface area (Å²) in [7, 11) is 2.84. The van der Waals surface area contributed by atoms with Crippen molar-refractivity contribution in [2.45, 2.75) is 26.4 Å². The molecule has 0 amide bonds. The highest BCUT2D eigenvalue weighted by atomic mass is 16.5. The SMILES string of the molecule is COC(=O)C(C)C(C)(O)c1cc(C)ccc1OC. The molecule has 4 nitrogen and oxygen atoms in total. The fraction of sp³-hybridized carbons (Fsp3) is 0.500. The van der Waals surface area contributed by atoms with Gasteiger partial charge in [0, 0.05) is 5.56 Å². The van der Waals surface area contributed by atoms with E-state index in [-0.39, 0.29) is 0 Å². The summed E-state index contributed by atoms with van der Waals surface area (Å²) in [5.41, 5.74) is 0.232. The first-order valence-electron chi connectivity index (χ1n) is 5.80. The number of carbonyl (C=O) groups is 1. The van der Waals surface area contributed by atoms with Gasteiger partial charge >= 0.3 is 5.97 Å². The molecule has 0 saturated heterocycles. The highest BCUT2D eigenvalue weighted by molar-refractivity contribution is 5.74. The van der Waals surface area contributed by atoms with Crippen LogP contribution in [0.1, 0.15) is 25.0 Å². The highest BCUT2D eigenvalue weighted by Gasteiger charge is 2.38. The van der Waals surface area contributed by atoms with Crippen LogP contribution in [0.4, 0.5) is 0 Å². The molecule has 4 heteroatoms. The van der Waals surface area contributed by atoms with E-state index in [0.29, 0.717) is 11.3 Å². The molecule has 0 spiro atoms. The Bertz CT molecular complexity index is 437. The van der Waals surface area contributed by atoms with Crippen molar-refractivity contribution in [2.24, 2.45) is 5.92 Å². The van der Waals surface area contributed by atoms with Crippen molar-refractivity contribution in [3.63, 3.8) is 0 Å². The van der Waals surface area contributed by atoms with E-state index in [1.165, 1.54) is 14.2 Å². The highest BCUT2D eigenvalue weighted by Crippen LogP contribution is 2.36. The molecule has 0 fully saturated rings. The second kappa shape index (κ2) is 5.40. The summed E-state index contributed by atoms with van der Waals surface area (Å²) in [6, 6.07) is 5.49. The number of ether oxygens (including phenoxy) is 2. The Labute approximate surface area is 108 Å². The van der Waals surface area contributed by atoms with Crippen LogP contribution >= 0.6 is 0 Å². The molecule has 0 radical (unpaired) electrons. The second-order valence-electron chi connectivity index (χ2n) is 4.60. The maximum atomic E-state index is 11.6. The Morgan fingerprint density at radius 1 is 1.39 bits per heavy atom. The number of hydrogen-bond acceptors (Lipinski definition) is 4. The van der Waals surface area contributed by atoms with Gasteiger partial charge < -0.3 is 14.6 Å². The first-order valence-corrected chi connectivity index (χ1v) is 5.80. The number of hydrogen-bond donors (Lipinski definition) is 1. The van der Waals surface area contributed by atoms with Crippen LogP contribution in [0.3, 0.4) is 0 Å². The van der Waals surface area contributed by atoms with E-state index >= 15 is 0 Å². The van der Waals surface area contributed by atoms with Crippen LogP contribution in [0.5, 0.6) is 5.75 Å². The number of carbonyl (C=O) groups excluding carboxylic acids is 1. The molecule has 1 aromatic carbocycles. The minimum absolute atomic E-state index is 0.455. The largest absolute Gasteiger partial charge is 0.496 e. The quantitative estimate of drug-likeness (QED) is 0.833. The molecule has 1 N–H and O–H groups in total. The lowest BCUT2D eigenvalue weighted by Crippen LogP contribution is -2.36. The first kappa shape index (κ1) is 14.5. The molecule has 0 bridgehead atoms. The van der Waals surface area contributed by atoms with Gasteiger partial charge in [-0.2, -0.15) is 0 Å². The Balaban J connectivity index is 3.26. The van der Waals surface area contributed by atoms with Crippen LogP contribution in [0.2, 0.25) is 0 Å². The van der Waals surface area contributed by atoms with Crippen molar-refractivity contribution in [1.82, 2.24) is 0 Å². The smallest absolute Gasteiger partial charge is 0.311 e. The van der Waals surface area contributed by atoms with Crippen LogP contribution in [-0.4, -0.2) is 25.3 Å². The predicted octanol–water partition coefficient (Wildman–Crippen LogP) is 2.02. The molecule has 0 aromatic heterocycles. The number of methoxy groups -OCH3 is 2. The van der Waals surface area contributed by atoms with Crippen molar-refractivity contribution in [1.29, 1.82) is 0 Å². The molecule has 100 valence electrons.